The van der Waals surface area contributed by atoms with Gasteiger partial charge in [0.05, 0.1) is 11.7 Å². The van der Waals surface area contributed by atoms with E-state index >= 15 is 0 Å². The standard InChI is InChI=1S/C12H25NO2/c1-9(14)12(15)7-10(2,3)13(6)11(4,5)8-12/h9,14-15H,7-8H2,1-6H3. The molecule has 3 nitrogen and oxygen atoms in total. The number of piperidine rings is 1. The first-order valence-corrected chi connectivity index (χ1v) is 5.66. The lowest BCUT2D eigenvalue weighted by atomic mass is 9.69. The minimum absolute atomic E-state index is 0.0898. The van der Waals surface area contributed by atoms with Gasteiger partial charge in [-0.1, -0.05) is 0 Å². The van der Waals surface area contributed by atoms with Crippen LogP contribution in [-0.2, 0) is 0 Å². The predicted octanol–water partition coefficient (Wildman–Crippen LogP) is 1.38. The van der Waals surface area contributed by atoms with Gasteiger partial charge in [0.2, 0.25) is 0 Å². The lowest BCUT2D eigenvalue weighted by Gasteiger charge is -2.57. The number of aliphatic hydroxyl groups is 2. The molecule has 1 aliphatic rings. The van der Waals surface area contributed by atoms with Crippen LogP contribution >= 0.6 is 0 Å². The maximum Gasteiger partial charge on any atom is 0.0937 e. The average molecular weight is 215 g/mol. The number of hydrogen-bond donors (Lipinski definition) is 2. The van der Waals surface area contributed by atoms with E-state index in [1.165, 1.54) is 0 Å². The van der Waals surface area contributed by atoms with Gasteiger partial charge in [-0.2, -0.15) is 0 Å². The third kappa shape index (κ3) is 2.19. The summed E-state index contributed by atoms with van der Waals surface area (Å²) in [7, 11) is 2.08. The SMILES string of the molecule is CC(O)C1(O)CC(C)(C)N(C)C(C)(C)C1. The molecule has 1 rings (SSSR count). The molecule has 90 valence electrons. The topological polar surface area (TPSA) is 43.7 Å². The van der Waals surface area contributed by atoms with Gasteiger partial charge < -0.3 is 10.2 Å². The van der Waals surface area contributed by atoms with E-state index in [1.807, 2.05) is 0 Å². The van der Waals surface area contributed by atoms with Crippen molar-refractivity contribution < 1.29 is 10.2 Å². The highest BCUT2D eigenvalue weighted by molar-refractivity contribution is 5.06. The van der Waals surface area contributed by atoms with Gasteiger partial charge >= 0.3 is 0 Å². The number of hydrogen-bond acceptors (Lipinski definition) is 3. The van der Waals surface area contributed by atoms with Crippen molar-refractivity contribution in [2.75, 3.05) is 7.05 Å². The van der Waals surface area contributed by atoms with Gasteiger partial charge in [-0.05, 0) is 54.5 Å². The molecular weight excluding hydrogens is 190 g/mol. The van der Waals surface area contributed by atoms with Gasteiger partial charge in [0, 0.05) is 11.1 Å². The van der Waals surface area contributed by atoms with Crippen molar-refractivity contribution in [3.05, 3.63) is 0 Å². The fraction of sp³-hybridized carbons (Fsp3) is 1.00. The molecule has 1 unspecified atom stereocenters. The van der Waals surface area contributed by atoms with Crippen LogP contribution in [0.3, 0.4) is 0 Å². The van der Waals surface area contributed by atoms with Crippen LogP contribution in [-0.4, -0.2) is 44.9 Å². The summed E-state index contributed by atoms with van der Waals surface area (Å²) in [6.07, 6.45) is 0.541. The molecule has 1 heterocycles. The molecule has 0 aromatic carbocycles. The highest BCUT2D eigenvalue weighted by Crippen LogP contribution is 2.43. The Labute approximate surface area is 93.1 Å². The van der Waals surface area contributed by atoms with Crippen molar-refractivity contribution in [1.29, 1.82) is 0 Å². The summed E-state index contributed by atoms with van der Waals surface area (Å²) in [6.45, 7) is 10.1. The first kappa shape index (κ1) is 12.9. The summed E-state index contributed by atoms with van der Waals surface area (Å²) in [6, 6.07) is 0. The highest BCUT2D eigenvalue weighted by Gasteiger charge is 2.51. The quantitative estimate of drug-likeness (QED) is 0.694. The van der Waals surface area contributed by atoms with Crippen molar-refractivity contribution in [1.82, 2.24) is 4.90 Å². The van der Waals surface area contributed by atoms with Crippen molar-refractivity contribution in [2.45, 2.75) is 70.2 Å². The Kier molecular flexibility index (Phi) is 2.97. The van der Waals surface area contributed by atoms with E-state index in [2.05, 4.69) is 39.6 Å². The Morgan fingerprint density at radius 3 is 1.67 bits per heavy atom. The van der Waals surface area contributed by atoms with Crippen molar-refractivity contribution >= 4 is 0 Å². The summed E-state index contributed by atoms with van der Waals surface area (Å²) in [5.74, 6) is 0. The summed E-state index contributed by atoms with van der Waals surface area (Å²) >= 11 is 0. The van der Waals surface area contributed by atoms with E-state index in [0.717, 1.165) is 0 Å². The van der Waals surface area contributed by atoms with Crippen LogP contribution in [0, 0.1) is 0 Å². The molecular formula is C12H25NO2. The van der Waals surface area contributed by atoms with Crippen molar-refractivity contribution in [2.24, 2.45) is 0 Å². The van der Waals surface area contributed by atoms with Crippen LogP contribution in [0.1, 0.15) is 47.5 Å². The zero-order valence-electron chi connectivity index (χ0n) is 10.8. The maximum atomic E-state index is 10.5. The van der Waals surface area contributed by atoms with Crippen LogP contribution in [0.15, 0.2) is 0 Å². The Hall–Kier alpha value is -0.120. The highest BCUT2D eigenvalue weighted by atomic mass is 16.3. The number of aliphatic hydroxyl groups excluding tert-OH is 1. The molecule has 0 bridgehead atoms. The van der Waals surface area contributed by atoms with E-state index in [4.69, 9.17) is 0 Å². The van der Waals surface area contributed by atoms with E-state index < -0.39 is 11.7 Å². The number of nitrogens with zero attached hydrogens (tertiary/aromatic N) is 1. The molecule has 15 heavy (non-hydrogen) atoms. The molecule has 0 aromatic heterocycles. The van der Waals surface area contributed by atoms with Crippen LogP contribution < -0.4 is 0 Å². The zero-order chi connectivity index (χ0) is 12.1. The van der Waals surface area contributed by atoms with Gasteiger partial charge in [0.1, 0.15) is 0 Å². The fourth-order valence-electron chi connectivity index (χ4n) is 2.91. The predicted molar refractivity (Wildman–Crippen MR) is 61.8 cm³/mol. The second-order valence-electron chi connectivity index (χ2n) is 6.32. The lowest BCUT2D eigenvalue weighted by molar-refractivity contribution is -0.168. The molecule has 0 aliphatic carbocycles. The van der Waals surface area contributed by atoms with Crippen LogP contribution in [0.5, 0.6) is 0 Å². The summed E-state index contributed by atoms with van der Waals surface area (Å²) in [4.78, 5) is 2.29. The first-order chi connectivity index (χ1) is 6.51. The summed E-state index contributed by atoms with van der Waals surface area (Å²) in [5.41, 5.74) is -1.14. The fourth-order valence-corrected chi connectivity index (χ4v) is 2.91. The minimum atomic E-state index is -0.959. The summed E-state index contributed by atoms with van der Waals surface area (Å²) < 4.78 is 0. The van der Waals surface area contributed by atoms with Crippen LogP contribution in [0.4, 0.5) is 0 Å². The third-order valence-corrected chi connectivity index (χ3v) is 4.07. The van der Waals surface area contributed by atoms with Gasteiger partial charge in [-0.3, -0.25) is 4.90 Å². The van der Waals surface area contributed by atoms with Crippen molar-refractivity contribution in [3.8, 4) is 0 Å². The largest absolute Gasteiger partial charge is 0.390 e. The molecule has 1 aliphatic heterocycles. The molecule has 0 amide bonds. The Morgan fingerprint density at radius 2 is 1.40 bits per heavy atom. The molecule has 0 aromatic rings. The Morgan fingerprint density at radius 1 is 1.07 bits per heavy atom. The Balaban J connectivity index is 3.04. The monoisotopic (exact) mass is 215 g/mol. The third-order valence-electron chi connectivity index (χ3n) is 4.07. The zero-order valence-corrected chi connectivity index (χ0v) is 10.8. The number of likely N-dealkylation sites (tertiary alicyclic amines) is 1. The van der Waals surface area contributed by atoms with Gasteiger partial charge in [-0.25, -0.2) is 0 Å². The van der Waals surface area contributed by atoms with E-state index in [9.17, 15) is 10.2 Å². The molecule has 1 saturated heterocycles. The smallest absolute Gasteiger partial charge is 0.0937 e. The molecule has 0 saturated carbocycles. The van der Waals surface area contributed by atoms with Crippen molar-refractivity contribution in [3.63, 3.8) is 0 Å². The van der Waals surface area contributed by atoms with Gasteiger partial charge in [0.15, 0.2) is 0 Å². The molecule has 1 fully saturated rings. The molecule has 0 spiro atoms. The Bertz CT molecular complexity index is 228. The van der Waals surface area contributed by atoms with E-state index in [0.29, 0.717) is 12.8 Å². The van der Waals surface area contributed by atoms with E-state index in [1.54, 1.807) is 6.92 Å². The first-order valence-electron chi connectivity index (χ1n) is 5.66. The summed E-state index contributed by atoms with van der Waals surface area (Å²) in [5, 5.41) is 20.2. The molecule has 0 radical (unpaired) electrons. The second-order valence-corrected chi connectivity index (χ2v) is 6.32. The maximum absolute atomic E-state index is 10.5. The molecule has 1 atom stereocenters. The van der Waals surface area contributed by atoms with Crippen LogP contribution in [0.25, 0.3) is 0 Å². The minimum Gasteiger partial charge on any atom is -0.390 e. The van der Waals surface area contributed by atoms with E-state index in [-0.39, 0.29) is 11.1 Å². The molecule has 3 heteroatoms. The number of rotatable bonds is 1. The van der Waals surface area contributed by atoms with Gasteiger partial charge in [0.25, 0.3) is 0 Å². The van der Waals surface area contributed by atoms with Crippen LogP contribution in [0.2, 0.25) is 0 Å². The average Bonchev–Trinajstić information content (AvgIpc) is 1.98. The van der Waals surface area contributed by atoms with Gasteiger partial charge in [-0.15, -0.1) is 0 Å². The normalized spacial score (nSPS) is 31.2. The lowest BCUT2D eigenvalue weighted by Crippen LogP contribution is -2.66. The molecule has 2 N–H and O–H groups in total. The second kappa shape index (κ2) is 3.44.